The molecule has 0 saturated carbocycles. The summed E-state index contributed by atoms with van der Waals surface area (Å²) in [5.41, 5.74) is -0.0756. The van der Waals surface area contributed by atoms with E-state index >= 15 is 0 Å². The molecule has 0 aromatic carbocycles. The van der Waals surface area contributed by atoms with Crippen LogP contribution in [0.25, 0.3) is 11.5 Å². The van der Waals surface area contributed by atoms with Gasteiger partial charge in [-0.3, -0.25) is 4.98 Å². The molecular weight excluding hydrogens is 305 g/mol. The van der Waals surface area contributed by atoms with Gasteiger partial charge >= 0.3 is 6.18 Å². The third kappa shape index (κ3) is 2.84. The van der Waals surface area contributed by atoms with E-state index in [2.05, 4.69) is 20.3 Å². The fourth-order valence-corrected chi connectivity index (χ4v) is 2.33. The highest BCUT2D eigenvalue weighted by Gasteiger charge is 2.38. The van der Waals surface area contributed by atoms with Crippen LogP contribution in [0.3, 0.4) is 0 Å². The molecule has 0 spiro atoms. The molecule has 3 heterocycles. The summed E-state index contributed by atoms with van der Waals surface area (Å²) in [5.74, 6) is -0.0403. The number of hydrogen-bond acceptors (Lipinski definition) is 4. The Kier molecular flexibility index (Phi) is 3.54. The van der Waals surface area contributed by atoms with Gasteiger partial charge in [0.2, 0.25) is 0 Å². The smallest absolute Gasteiger partial charge is 0.311 e. The van der Waals surface area contributed by atoms with Crippen molar-refractivity contribution in [3.8, 4) is 11.5 Å². The molecule has 0 bridgehead atoms. The molecule has 4 nitrogen and oxygen atoms in total. The Hall–Kier alpha value is -1.73. The first-order valence-electron chi connectivity index (χ1n) is 6.25. The number of pyridine rings is 1. The second kappa shape index (κ2) is 5.23. The number of hydrogen-bond donors (Lipinski definition) is 1. The quantitative estimate of drug-likeness (QED) is 0.879. The number of alkyl halides is 3. The third-order valence-electron chi connectivity index (χ3n) is 3.16. The predicted molar refractivity (Wildman–Crippen MR) is 70.7 cm³/mol. The van der Waals surface area contributed by atoms with Gasteiger partial charge in [-0.15, -0.1) is 0 Å². The molecular formula is C13H10ClF3N4. The predicted octanol–water partition coefficient (Wildman–Crippen LogP) is 2.86. The van der Waals surface area contributed by atoms with Crippen molar-refractivity contribution in [1.82, 2.24) is 20.3 Å². The molecule has 1 N–H and O–H groups in total. The van der Waals surface area contributed by atoms with Crippen LogP contribution in [-0.2, 0) is 19.1 Å². The molecule has 1 aliphatic heterocycles. The first-order chi connectivity index (χ1) is 9.95. The second-order valence-electron chi connectivity index (χ2n) is 4.61. The molecule has 0 aliphatic carbocycles. The van der Waals surface area contributed by atoms with Crippen LogP contribution < -0.4 is 5.32 Å². The molecule has 3 rings (SSSR count). The zero-order chi connectivity index (χ0) is 15.0. The minimum atomic E-state index is -4.51. The molecule has 0 amide bonds. The standard InChI is InChI=1S/C13H10ClF3N4/c14-7-1-2-9(19-5-7)12-20-10-6-18-4-3-8(10)11(21-12)13(15,16)17/h1-2,5,18H,3-4,6H2. The molecule has 0 saturated heterocycles. The Bertz CT molecular complexity index is 670. The Morgan fingerprint density at radius 2 is 2.00 bits per heavy atom. The Labute approximate surface area is 123 Å². The first kappa shape index (κ1) is 14.2. The molecule has 110 valence electrons. The molecule has 21 heavy (non-hydrogen) atoms. The summed E-state index contributed by atoms with van der Waals surface area (Å²) in [6.45, 7) is 0.777. The topological polar surface area (TPSA) is 50.7 Å². The summed E-state index contributed by atoms with van der Waals surface area (Å²) >= 11 is 5.73. The lowest BCUT2D eigenvalue weighted by atomic mass is 10.0. The lowest BCUT2D eigenvalue weighted by Crippen LogP contribution is -2.29. The lowest BCUT2D eigenvalue weighted by Gasteiger charge is -2.21. The van der Waals surface area contributed by atoms with Crippen LogP contribution in [-0.4, -0.2) is 21.5 Å². The summed E-state index contributed by atoms with van der Waals surface area (Å²) in [5, 5.41) is 3.41. The van der Waals surface area contributed by atoms with Gasteiger partial charge in [-0.2, -0.15) is 13.2 Å². The van der Waals surface area contributed by atoms with Gasteiger partial charge in [0.05, 0.1) is 10.7 Å². The molecule has 2 aromatic rings. The van der Waals surface area contributed by atoms with Crippen molar-refractivity contribution in [1.29, 1.82) is 0 Å². The van der Waals surface area contributed by atoms with Gasteiger partial charge in [-0.05, 0) is 25.1 Å². The highest BCUT2D eigenvalue weighted by Crippen LogP contribution is 2.34. The maximum Gasteiger partial charge on any atom is 0.433 e. The summed E-state index contributed by atoms with van der Waals surface area (Å²) in [6.07, 6.45) is -2.89. The maximum absolute atomic E-state index is 13.2. The third-order valence-corrected chi connectivity index (χ3v) is 3.39. The number of fused-ring (bicyclic) bond motifs is 1. The number of rotatable bonds is 1. The van der Waals surface area contributed by atoms with Crippen molar-refractivity contribution in [2.75, 3.05) is 6.54 Å². The Morgan fingerprint density at radius 3 is 2.67 bits per heavy atom. The van der Waals surface area contributed by atoms with Crippen molar-refractivity contribution in [3.63, 3.8) is 0 Å². The number of nitrogens with one attached hydrogen (secondary N) is 1. The molecule has 0 fully saturated rings. The highest BCUT2D eigenvalue weighted by atomic mass is 35.5. The monoisotopic (exact) mass is 314 g/mol. The average Bonchev–Trinajstić information content (AvgIpc) is 2.46. The zero-order valence-electron chi connectivity index (χ0n) is 10.7. The molecule has 0 atom stereocenters. The van der Waals surface area contributed by atoms with E-state index in [1.54, 1.807) is 0 Å². The van der Waals surface area contributed by atoms with Crippen LogP contribution >= 0.6 is 11.6 Å². The fourth-order valence-electron chi connectivity index (χ4n) is 2.22. The van der Waals surface area contributed by atoms with Gasteiger partial charge in [0.25, 0.3) is 0 Å². The van der Waals surface area contributed by atoms with E-state index in [1.807, 2.05) is 0 Å². The van der Waals surface area contributed by atoms with E-state index in [1.165, 1.54) is 18.3 Å². The van der Waals surface area contributed by atoms with Gasteiger partial charge < -0.3 is 5.32 Å². The van der Waals surface area contributed by atoms with Crippen LogP contribution in [0.15, 0.2) is 18.3 Å². The maximum atomic E-state index is 13.2. The second-order valence-corrected chi connectivity index (χ2v) is 5.04. The van der Waals surface area contributed by atoms with E-state index in [-0.39, 0.29) is 23.5 Å². The summed E-state index contributed by atoms with van der Waals surface area (Å²) in [6, 6.07) is 3.04. The van der Waals surface area contributed by atoms with Gasteiger partial charge in [0.15, 0.2) is 11.5 Å². The summed E-state index contributed by atoms with van der Waals surface area (Å²) in [7, 11) is 0. The molecule has 0 radical (unpaired) electrons. The Morgan fingerprint density at radius 1 is 1.19 bits per heavy atom. The van der Waals surface area contributed by atoms with Gasteiger partial charge in [0, 0.05) is 18.3 Å². The average molecular weight is 315 g/mol. The van der Waals surface area contributed by atoms with Crippen LogP contribution in [0.5, 0.6) is 0 Å². The van der Waals surface area contributed by atoms with Crippen LogP contribution in [0.2, 0.25) is 5.02 Å². The van der Waals surface area contributed by atoms with Gasteiger partial charge in [0.1, 0.15) is 5.69 Å². The van der Waals surface area contributed by atoms with E-state index in [9.17, 15) is 13.2 Å². The van der Waals surface area contributed by atoms with E-state index in [0.29, 0.717) is 23.8 Å². The largest absolute Gasteiger partial charge is 0.433 e. The molecule has 8 heteroatoms. The van der Waals surface area contributed by atoms with Crippen molar-refractivity contribution < 1.29 is 13.2 Å². The SMILES string of the molecule is FC(F)(F)c1nc(-c2ccc(Cl)cn2)nc2c1CCNC2. The molecule has 2 aromatic heterocycles. The van der Waals surface area contributed by atoms with Crippen LogP contribution in [0.4, 0.5) is 13.2 Å². The van der Waals surface area contributed by atoms with Crippen LogP contribution in [0, 0.1) is 0 Å². The number of aromatic nitrogens is 3. The summed E-state index contributed by atoms with van der Waals surface area (Å²) in [4.78, 5) is 11.9. The van der Waals surface area contributed by atoms with Gasteiger partial charge in [-0.1, -0.05) is 11.6 Å². The van der Waals surface area contributed by atoms with E-state index in [4.69, 9.17) is 11.6 Å². The fraction of sp³-hybridized carbons (Fsp3) is 0.308. The zero-order valence-corrected chi connectivity index (χ0v) is 11.5. The minimum Gasteiger partial charge on any atom is -0.311 e. The number of halogens is 4. The van der Waals surface area contributed by atoms with Crippen molar-refractivity contribution in [2.45, 2.75) is 19.1 Å². The molecule has 0 unspecified atom stereocenters. The minimum absolute atomic E-state index is 0.0403. The van der Waals surface area contributed by atoms with Crippen molar-refractivity contribution in [2.24, 2.45) is 0 Å². The van der Waals surface area contributed by atoms with Crippen molar-refractivity contribution in [3.05, 3.63) is 40.3 Å². The molecule has 1 aliphatic rings. The normalized spacial score (nSPS) is 14.9. The van der Waals surface area contributed by atoms with Crippen molar-refractivity contribution >= 4 is 11.6 Å². The Balaban J connectivity index is 2.16. The highest BCUT2D eigenvalue weighted by molar-refractivity contribution is 6.30. The first-order valence-corrected chi connectivity index (χ1v) is 6.62. The number of nitrogens with zero attached hydrogens (tertiary/aromatic N) is 3. The lowest BCUT2D eigenvalue weighted by molar-refractivity contribution is -0.142. The van der Waals surface area contributed by atoms with E-state index < -0.39 is 11.9 Å². The summed E-state index contributed by atoms with van der Waals surface area (Å²) < 4.78 is 39.6. The van der Waals surface area contributed by atoms with E-state index in [0.717, 1.165) is 0 Å². The van der Waals surface area contributed by atoms with Crippen LogP contribution in [0.1, 0.15) is 17.0 Å². The van der Waals surface area contributed by atoms with Gasteiger partial charge in [-0.25, -0.2) is 9.97 Å².